The topological polar surface area (TPSA) is 72.9 Å². The molecule has 0 atom stereocenters. The number of nitrogens with zero attached hydrogens (tertiary/aromatic N) is 2. The second-order valence-corrected chi connectivity index (χ2v) is 4.26. The van der Waals surface area contributed by atoms with E-state index >= 15 is 0 Å². The molecule has 0 saturated heterocycles. The number of anilines is 2. The Morgan fingerprint density at radius 3 is 2.70 bits per heavy atom. The van der Waals surface area contributed by atoms with Gasteiger partial charge in [0.1, 0.15) is 17.3 Å². The molecule has 5 nitrogen and oxygen atoms in total. The predicted octanol–water partition coefficient (Wildman–Crippen LogP) is 2.10. The molecule has 7 heteroatoms. The van der Waals surface area contributed by atoms with Gasteiger partial charge in [0.05, 0.1) is 17.1 Å². The molecular formula is C13H14F2N4O. The van der Waals surface area contributed by atoms with Crippen LogP contribution in [0.25, 0.3) is 0 Å². The number of carbonyl (C=O) groups is 1. The highest BCUT2D eigenvalue weighted by atomic mass is 19.1. The Bertz CT molecular complexity index is 667. The summed E-state index contributed by atoms with van der Waals surface area (Å²) in [5.74, 6) is -2.16. The van der Waals surface area contributed by atoms with E-state index in [-0.39, 0.29) is 17.1 Å². The van der Waals surface area contributed by atoms with Crippen LogP contribution >= 0.6 is 0 Å². The van der Waals surface area contributed by atoms with Gasteiger partial charge in [-0.05, 0) is 18.6 Å². The van der Waals surface area contributed by atoms with Gasteiger partial charge in [-0.2, -0.15) is 5.10 Å². The first-order valence-electron chi connectivity index (χ1n) is 6.01. The van der Waals surface area contributed by atoms with E-state index in [4.69, 9.17) is 5.73 Å². The number of hydrogen-bond acceptors (Lipinski definition) is 3. The molecule has 0 aliphatic rings. The standard InChI is InChI=1S/C13H14F2N4O/c1-3-9-11(16)12(19(2)18-9)13(20)17-10-5-4-7(14)6-8(10)15/h4-6H,3,16H2,1-2H3,(H,17,20). The molecule has 0 radical (unpaired) electrons. The Kier molecular flexibility index (Phi) is 3.69. The van der Waals surface area contributed by atoms with Crippen molar-refractivity contribution < 1.29 is 13.6 Å². The van der Waals surface area contributed by atoms with Crippen LogP contribution in [0.2, 0.25) is 0 Å². The zero-order valence-electron chi connectivity index (χ0n) is 11.1. The van der Waals surface area contributed by atoms with Crippen molar-refractivity contribution in [3.63, 3.8) is 0 Å². The van der Waals surface area contributed by atoms with Gasteiger partial charge in [-0.1, -0.05) is 6.92 Å². The van der Waals surface area contributed by atoms with E-state index < -0.39 is 17.5 Å². The van der Waals surface area contributed by atoms with E-state index in [0.29, 0.717) is 18.2 Å². The van der Waals surface area contributed by atoms with Crippen molar-refractivity contribution in [3.8, 4) is 0 Å². The van der Waals surface area contributed by atoms with Crippen molar-refractivity contribution in [2.24, 2.45) is 7.05 Å². The minimum atomic E-state index is -0.852. The summed E-state index contributed by atoms with van der Waals surface area (Å²) in [4.78, 5) is 12.1. The number of carbonyl (C=O) groups excluding carboxylic acids is 1. The average molecular weight is 280 g/mol. The second-order valence-electron chi connectivity index (χ2n) is 4.26. The zero-order valence-corrected chi connectivity index (χ0v) is 11.1. The summed E-state index contributed by atoms with van der Waals surface area (Å²) < 4.78 is 27.6. The van der Waals surface area contributed by atoms with Crippen LogP contribution in [0, 0.1) is 11.6 Å². The lowest BCUT2D eigenvalue weighted by Crippen LogP contribution is -2.18. The number of benzene rings is 1. The number of nitrogen functional groups attached to an aromatic ring is 1. The van der Waals surface area contributed by atoms with Crippen molar-refractivity contribution in [1.29, 1.82) is 0 Å². The van der Waals surface area contributed by atoms with Crippen molar-refractivity contribution in [2.45, 2.75) is 13.3 Å². The SMILES string of the molecule is CCc1nn(C)c(C(=O)Nc2ccc(F)cc2F)c1N. The molecule has 1 amide bonds. The van der Waals surface area contributed by atoms with E-state index in [0.717, 1.165) is 12.1 Å². The quantitative estimate of drug-likeness (QED) is 0.904. The van der Waals surface area contributed by atoms with Crippen LogP contribution in [0.15, 0.2) is 18.2 Å². The van der Waals surface area contributed by atoms with Crippen LogP contribution in [-0.2, 0) is 13.5 Å². The first kappa shape index (κ1) is 14.0. The average Bonchev–Trinajstić information content (AvgIpc) is 2.67. The van der Waals surface area contributed by atoms with Crippen molar-refractivity contribution >= 4 is 17.3 Å². The summed E-state index contributed by atoms with van der Waals surface area (Å²) in [5.41, 5.74) is 6.72. The van der Waals surface area contributed by atoms with Crippen LogP contribution in [0.5, 0.6) is 0 Å². The molecular weight excluding hydrogens is 266 g/mol. The molecule has 1 aromatic carbocycles. The molecule has 106 valence electrons. The highest BCUT2D eigenvalue weighted by molar-refractivity contribution is 6.06. The van der Waals surface area contributed by atoms with Crippen LogP contribution in [0.1, 0.15) is 23.1 Å². The Labute approximate surface area is 114 Å². The second kappa shape index (κ2) is 5.28. The van der Waals surface area contributed by atoms with Crippen LogP contribution < -0.4 is 11.1 Å². The monoisotopic (exact) mass is 280 g/mol. The fourth-order valence-corrected chi connectivity index (χ4v) is 1.90. The number of nitrogens with two attached hydrogens (primary N) is 1. The zero-order chi connectivity index (χ0) is 14.9. The Morgan fingerprint density at radius 1 is 1.45 bits per heavy atom. The predicted molar refractivity (Wildman–Crippen MR) is 71.3 cm³/mol. The van der Waals surface area contributed by atoms with Crippen LogP contribution in [-0.4, -0.2) is 15.7 Å². The Balaban J connectivity index is 2.31. The van der Waals surface area contributed by atoms with Gasteiger partial charge in [0.2, 0.25) is 0 Å². The van der Waals surface area contributed by atoms with E-state index in [1.807, 2.05) is 6.92 Å². The van der Waals surface area contributed by atoms with Gasteiger partial charge in [-0.3, -0.25) is 9.48 Å². The fourth-order valence-electron chi connectivity index (χ4n) is 1.90. The van der Waals surface area contributed by atoms with E-state index in [2.05, 4.69) is 10.4 Å². The van der Waals surface area contributed by atoms with Crippen molar-refractivity contribution in [2.75, 3.05) is 11.1 Å². The van der Waals surface area contributed by atoms with Gasteiger partial charge in [0, 0.05) is 13.1 Å². The number of nitrogens with one attached hydrogen (secondary N) is 1. The van der Waals surface area contributed by atoms with Gasteiger partial charge in [-0.25, -0.2) is 8.78 Å². The molecule has 1 aromatic heterocycles. The molecule has 2 aromatic rings. The lowest BCUT2D eigenvalue weighted by atomic mass is 10.2. The molecule has 0 bridgehead atoms. The largest absolute Gasteiger partial charge is 0.395 e. The summed E-state index contributed by atoms with van der Waals surface area (Å²) in [6, 6.07) is 2.90. The molecule has 0 aliphatic carbocycles. The van der Waals surface area contributed by atoms with Gasteiger partial charge in [0.15, 0.2) is 0 Å². The van der Waals surface area contributed by atoms with Gasteiger partial charge < -0.3 is 11.1 Å². The number of hydrogen-bond donors (Lipinski definition) is 2. The smallest absolute Gasteiger partial charge is 0.276 e. The summed E-state index contributed by atoms with van der Waals surface area (Å²) in [6.45, 7) is 1.86. The summed E-state index contributed by atoms with van der Waals surface area (Å²) in [5, 5.41) is 6.46. The third kappa shape index (κ3) is 2.47. The fraction of sp³-hybridized carbons (Fsp3) is 0.231. The molecule has 20 heavy (non-hydrogen) atoms. The first-order chi connectivity index (χ1) is 9.43. The summed E-state index contributed by atoms with van der Waals surface area (Å²) in [7, 11) is 1.57. The number of halogens is 2. The molecule has 0 saturated carbocycles. The van der Waals surface area contributed by atoms with Crippen LogP contribution in [0.3, 0.4) is 0 Å². The molecule has 2 rings (SSSR count). The van der Waals surface area contributed by atoms with Gasteiger partial charge in [0.25, 0.3) is 5.91 Å². The highest BCUT2D eigenvalue weighted by Crippen LogP contribution is 2.20. The maximum atomic E-state index is 13.5. The van der Waals surface area contributed by atoms with E-state index in [1.54, 1.807) is 7.05 Å². The molecule has 0 fully saturated rings. The molecule has 0 unspecified atom stereocenters. The van der Waals surface area contributed by atoms with Crippen molar-refractivity contribution in [3.05, 3.63) is 41.2 Å². The number of amides is 1. The third-order valence-electron chi connectivity index (χ3n) is 2.89. The maximum absolute atomic E-state index is 13.5. The molecule has 0 aliphatic heterocycles. The Hall–Kier alpha value is -2.44. The first-order valence-corrected chi connectivity index (χ1v) is 6.01. The minimum Gasteiger partial charge on any atom is -0.395 e. The molecule has 1 heterocycles. The minimum absolute atomic E-state index is 0.116. The molecule has 0 spiro atoms. The lowest BCUT2D eigenvalue weighted by Gasteiger charge is -2.07. The Morgan fingerprint density at radius 2 is 2.15 bits per heavy atom. The van der Waals surface area contributed by atoms with E-state index in [9.17, 15) is 13.6 Å². The van der Waals surface area contributed by atoms with Gasteiger partial charge >= 0.3 is 0 Å². The molecule has 3 N–H and O–H groups in total. The van der Waals surface area contributed by atoms with Gasteiger partial charge in [-0.15, -0.1) is 0 Å². The normalized spacial score (nSPS) is 10.6. The lowest BCUT2D eigenvalue weighted by molar-refractivity contribution is 0.101. The highest BCUT2D eigenvalue weighted by Gasteiger charge is 2.20. The summed E-state index contributed by atoms with van der Waals surface area (Å²) in [6.07, 6.45) is 0.581. The maximum Gasteiger partial charge on any atom is 0.276 e. The number of aromatic nitrogens is 2. The summed E-state index contributed by atoms with van der Waals surface area (Å²) >= 11 is 0. The number of rotatable bonds is 3. The third-order valence-corrected chi connectivity index (χ3v) is 2.89. The number of aryl methyl sites for hydroxylation is 2. The van der Waals surface area contributed by atoms with E-state index in [1.165, 1.54) is 4.68 Å². The van der Waals surface area contributed by atoms with Crippen LogP contribution in [0.4, 0.5) is 20.2 Å². The van der Waals surface area contributed by atoms with Crippen molar-refractivity contribution in [1.82, 2.24) is 9.78 Å².